The number of halogens is 5. The number of rotatable bonds is 5. The van der Waals surface area contributed by atoms with Crippen LogP contribution in [0.1, 0.15) is 5.56 Å². The molecule has 3 nitrogen and oxygen atoms in total. The second-order valence-electron chi connectivity index (χ2n) is 3.10. The molecule has 0 saturated heterocycles. The number of ether oxygens (including phenoxy) is 2. The summed E-state index contributed by atoms with van der Waals surface area (Å²) in [6.07, 6.45) is -11.2. The summed E-state index contributed by atoms with van der Waals surface area (Å²) in [6.45, 7) is 0.501. The molecule has 0 aliphatic heterocycles. The van der Waals surface area contributed by atoms with Crippen LogP contribution in [-0.4, -0.2) is 18.8 Å². The van der Waals surface area contributed by atoms with E-state index in [0.29, 0.717) is 0 Å². The predicted octanol–water partition coefficient (Wildman–Crippen LogP) is 2.80. The van der Waals surface area contributed by atoms with Crippen LogP contribution in [0.15, 0.2) is 24.3 Å². The normalized spacial score (nSPS) is 12.1. The molecule has 0 fully saturated rings. The molecule has 0 saturated carbocycles. The zero-order valence-electron chi connectivity index (χ0n) is 8.63. The molecule has 1 aromatic carbocycles. The fraction of sp³-hybridized carbons (Fsp3) is 0.300. The van der Waals surface area contributed by atoms with Crippen LogP contribution in [0.3, 0.4) is 0 Å². The third-order valence-corrected chi connectivity index (χ3v) is 1.83. The lowest BCUT2D eigenvalue weighted by Crippen LogP contribution is -2.42. The van der Waals surface area contributed by atoms with Crippen molar-refractivity contribution in [1.29, 1.82) is 0 Å². The average Bonchev–Trinajstić information content (AvgIpc) is 2.26. The minimum Gasteiger partial charge on any atom is -0.452 e. The van der Waals surface area contributed by atoms with Gasteiger partial charge in [0.15, 0.2) is 0 Å². The first-order chi connectivity index (χ1) is 8.28. The van der Waals surface area contributed by atoms with Crippen molar-refractivity contribution in [2.24, 2.45) is 0 Å². The minimum absolute atomic E-state index is 0.134. The molecule has 0 heterocycles. The molecule has 8 heteroatoms. The fourth-order valence-corrected chi connectivity index (χ4v) is 1.03. The SMILES string of the molecule is O=[C]OCc1ccccc1OC(F)(F)C(F)(F)F. The lowest BCUT2D eigenvalue weighted by molar-refractivity contribution is -0.360. The molecular weight excluding hydrogens is 263 g/mol. The van der Waals surface area contributed by atoms with Crippen LogP contribution >= 0.6 is 0 Å². The number of carbonyl (C=O) groups excluding carboxylic acids is 1. The van der Waals surface area contributed by atoms with Gasteiger partial charge in [-0.2, -0.15) is 22.0 Å². The van der Waals surface area contributed by atoms with Gasteiger partial charge in [0.25, 0.3) is 0 Å². The molecule has 0 aliphatic carbocycles. The lowest BCUT2D eigenvalue weighted by atomic mass is 10.2. The molecule has 1 radical (unpaired) electrons. The molecule has 0 aromatic heterocycles. The Morgan fingerprint density at radius 3 is 2.28 bits per heavy atom. The fourth-order valence-electron chi connectivity index (χ4n) is 1.03. The summed E-state index contributed by atoms with van der Waals surface area (Å²) in [5.74, 6) is -0.727. The van der Waals surface area contributed by atoms with Crippen LogP contribution in [0.5, 0.6) is 5.75 Å². The van der Waals surface area contributed by atoms with E-state index in [1.165, 1.54) is 18.2 Å². The van der Waals surface area contributed by atoms with Crippen molar-refractivity contribution >= 4 is 6.47 Å². The van der Waals surface area contributed by atoms with Crippen LogP contribution in [0.2, 0.25) is 0 Å². The number of hydrogen-bond donors (Lipinski definition) is 0. The van der Waals surface area contributed by atoms with Gasteiger partial charge in [0.05, 0.1) is 0 Å². The molecule has 1 rings (SSSR count). The highest BCUT2D eigenvalue weighted by Gasteiger charge is 2.61. The zero-order valence-corrected chi connectivity index (χ0v) is 8.63. The van der Waals surface area contributed by atoms with Gasteiger partial charge in [-0.05, 0) is 6.07 Å². The standard InChI is InChI=1S/C10H6F5O3/c11-9(12,13)10(14,15)18-8-4-2-1-3-7(8)5-17-6-16/h1-4H,5H2. The van der Waals surface area contributed by atoms with Gasteiger partial charge in [0, 0.05) is 5.56 Å². The maximum Gasteiger partial charge on any atom is 0.499 e. The van der Waals surface area contributed by atoms with E-state index < -0.39 is 24.6 Å². The Morgan fingerprint density at radius 2 is 1.72 bits per heavy atom. The first-order valence-corrected chi connectivity index (χ1v) is 4.48. The van der Waals surface area contributed by atoms with E-state index in [9.17, 15) is 26.7 Å². The Kier molecular flexibility index (Phi) is 4.10. The van der Waals surface area contributed by atoms with Crippen LogP contribution in [0, 0.1) is 0 Å². The molecule has 0 aliphatic rings. The van der Waals surface area contributed by atoms with E-state index in [-0.39, 0.29) is 5.56 Å². The first-order valence-electron chi connectivity index (χ1n) is 4.48. The summed E-state index contributed by atoms with van der Waals surface area (Å²) in [5, 5.41) is 0. The number of alkyl halides is 5. The summed E-state index contributed by atoms with van der Waals surface area (Å²) in [5.41, 5.74) is -0.134. The van der Waals surface area contributed by atoms with Crippen LogP contribution < -0.4 is 4.74 Å². The van der Waals surface area contributed by atoms with Crippen molar-refractivity contribution in [2.75, 3.05) is 0 Å². The maximum atomic E-state index is 12.7. The monoisotopic (exact) mass is 269 g/mol. The molecule has 0 unspecified atom stereocenters. The van der Waals surface area contributed by atoms with E-state index >= 15 is 0 Å². The summed E-state index contributed by atoms with van der Waals surface area (Å²) >= 11 is 0. The second kappa shape index (κ2) is 5.19. The highest BCUT2D eigenvalue weighted by atomic mass is 19.4. The quantitative estimate of drug-likeness (QED) is 0.771. The van der Waals surface area contributed by atoms with Crippen molar-refractivity contribution in [3.63, 3.8) is 0 Å². The lowest BCUT2D eigenvalue weighted by Gasteiger charge is -2.21. The molecule has 18 heavy (non-hydrogen) atoms. The zero-order chi connectivity index (χ0) is 13.8. The summed E-state index contributed by atoms with van der Waals surface area (Å²) in [4.78, 5) is 9.82. The van der Waals surface area contributed by atoms with E-state index in [1.54, 1.807) is 0 Å². The van der Waals surface area contributed by atoms with Crippen molar-refractivity contribution in [3.05, 3.63) is 29.8 Å². The van der Waals surface area contributed by atoms with Gasteiger partial charge < -0.3 is 9.47 Å². The van der Waals surface area contributed by atoms with E-state index in [4.69, 9.17) is 0 Å². The second-order valence-corrected chi connectivity index (χ2v) is 3.10. The third kappa shape index (κ3) is 3.31. The highest BCUT2D eigenvalue weighted by molar-refractivity contribution is 5.40. The molecular formula is C10H6F5O3. The van der Waals surface area contributed by atoms with Gasteiger partial charge in [-0.15, -0.1) is 0 Å². The first kappa shape index (κ1) is 14.2. The molecule has 99 valence electrons. The minimum atomic E-state index is -5.84. The van der Waals surface area contributed by atoms with Crippen molar-refractivity contribution in [1.82, 2.24) is 0 Å². The van der Waals surface area contributed by atoms with Crippen LogP contribution in [0.4, 0.5) is 22.0 Å². The van der Waals surface area contributed by atoms with Crippen molar-refractivity contribution < 1.29 is 36.2 Å². The van der Waals surface area contributed by atoms with Crippen LogP contribution in [0.25, 0.3) is 0 Å². The van der Waals surface area contributed by atoms with Crippen LogP contribution in [-0.2, 0) is 16.1 Å². The summed E-state index contributed by atoms with van der Waals surface area (Å²) < 4.78 is 68.9. The highest BCUT2D eigenvalue weighted by Crippen LogP contribution is 2.38. The number of para-hydroxylation sites is 1. The van der Waals surface area contributed by atoms with Gasteiger partial charge in [0.1, 0.15) is 12.4 Å². The Labute approximate surface area is 98.1 Å². The Hall–Kier alpha value is -1.86. The number of benzene rings is 1. The van der Waals surface area contributed by atoms with Gasteiger partial charge >= 0.3 is 18.8 Å². The maximum absolute atomic E-state index is 12.7. The smallest absolute Gasteiger partial charge is 0.452 e. The molecule has 0 spiro atoms. The summed E-state index contributed by atoms with van der Waals surface area (Å²) in [7, 11) is 0. The third-order valence-electron chi connectivity index (χ3n) is 1.83. The molecule has 1 aromatic rings. The van der Waals surface area contributed by atoms with Crippen molar-refractivity contribution in [3.8, 4) is 5.75 Å². The predicted molar refractivity (Wildman–Crippen MR) is 48.6 cm³/mol. The van der Waals surface area contributed by atoms with Crippen molar-refractivity contribution in [2.45, 2.75) is 18.9 Å². The molecule has 0 N–H and O–H groups in total. The topological polar surface area (TPSA) is 35.5 Å². The van der Waals surface area contributed by atoms with E-state index in [1.807, 2.05) is 0 Å². The Balaban J connectivity index is 2.93. The van der Waals surface area contributed by atoms with Gasteiger partial charge in [-0.3, -0.25) is 0 Å². The molecule has 0 atom stereocenters. The van der Waals surface area contributed by atoms with E-state index in [2.05, 4.69) is 9.47 Å². The Bertz CT molecular complexity index is 416. The largest absolute Gasteiger partial charge is 0.499 e. The average molecular weight is 269 g/mol. The number of hydrogen-bond acceptors (Lipinski definition) is 3. The van der Waals surface area contributed by atoms with Gasteiger partial charge in [-0.25, -0.2) is 4.79 Å². The summed E-state index contributed by atoms with van der Waals surface area (Å²) in [6, 6.07) is 4.65. The molecule has 0 bridgehead atoms. The van der Waals surface area contributed by atoms with Gasteiger partial charge in [-0.1, -0.05) is 18.2 Å². The van der Waals surface area contributed by atoms with Gasteiger partial charge in [0.2, 0.25) is 0 Å². The van der Waals surface area contributed by atoms with E-state index in [0.717, 1.165) is 12.5 Å². The molecule has 0 amide bonds. The Morgan fingerprint density at radius 1 is 1.11 bits per heavy atom.